The van der Waals surface area contributed by atoms with Gasteiger partial charge in [-0.3, -0.25) is 19.7 Å². The number of fused-ring (bicyclic) bond motifs is 1. The molecule has 0 amide bonds. The van der Waals surface area contributed by atoms with Gasteiger partial charge in [-0.1, -0.05) is 0 Å². The smallest absolute Gasteiger partial charge is 0.292 e. The quantitative estimate of drug-likeness (QED) is 0.208. The van der Waals surface area contributed by atoms with Crippen molar-refractivity contribution in [1.82, 2.24) is 9.97 Å². The first-order chi connectivity index (χ1) is 8.54. The second-order valence-electron chi connectivity index (χ2n) is 3.39. The van der Waals surface area contributed by atoms with Crippen LogP contribution in [0.3, 0.4) is 0 Å². The summed E-state index contributed by atoms with van der Waals surface area (Å²) in [5.74, 6) is -0.874. The number of Topliss-reactive ketones (excluding diaryl/α,β-unsaturated/α-hetero) is 1. The fraction of sp³-hybridized carbons (Fsp3) is 0. The van der Waals surface area contributed by atoms with Gasteiger partial charge in [0.15, 0.2) is 6.29 Å². The van der Waals surface area contributed by atoms with E-state index in [0.29, 0.717) is 0 Å². The van der Waals surface area contributed by atoms with Gasteiger partial charge in [0.25, 0.3) is 5.69 Å². The van der Waals surface area contributed by atoms with Crippen LogP contribution >= 0.6 is 0 Å². The van der Waals surface area contributed by atoms with Crippen molar-refractivity contribution in [2.75, 3.05) is 5.73 Å². The van der Waals surface area contributed by atoms with Crippen molar-refractivity contribution in [2.45, 2.75) is 0 Å². The summed E-state index contributed by atoms with van der Waals surface area (Å²) in [6.07, 6.45) is 1.17. The summed E-state index contributed by atoms with van der Waals surface area (Å²) in [5.41, 5.74) is 5.13. The minimum atomic E-state index is -0.874. The average molecular weight is 246 g/mol. The zero-order valence-corrected chi connectivity index (χ0v) is 8.86. The van der Waals surface area contributed by atoms with Crippen molar-refractivity contribution in [3.8, 4) is 0 Å². The fourth-order valence-corrected chi connectivity index (χ4v) is 1.52. The molecule has 8 heteroatoms. The molecular formula is C10H6N4O4. The van der Waals surface area contributed by atoms with Gasteiger partial charge in [-0.15, -0.1) is 0 Å². The fourth-order valence-electron chi connectivity index (χ4n) is 1.52. The minimum Gasteiger partial charge on any atom is -0.393 e. The summed E-state index contributed by atoms with van der Waals surface area (Å²) < 4.78 is 0. The third-order valence-corrected chi connectivity index (χ3v) is 2.32. The highest BCUT2D eigenvalue weighted by Crippen LogP contribution is 2.27. The third kappa shape index (κ3) is 1.75. The Morgan fingerprint density at radius 2 is 2.11 bits per heavy atom. The second kappa shape index (κ2) is 4.17. The summed E-state index contributed by atoms with van der Waals surface area (Å²) in [6.45, 7) is 0. The number of nitrogens with two attached hydrogens (primary N) is 1. The first-order valence-corrected chi connectivity index (χ1v) is 4.72. The van der Waals surface area contributed by atoms with Crippen LogP contribution < -0.4 is 5.73 Å². The number of nitro benzene ring substituents is 1. The SMILES string of the molecule is Nc1cc2ncnc(C(=O)C=O)c2cc1[N+](=O)[O-]. The molecule has 0 aliphatic carbocycles. The average Bonchev–Trinajstić information content (AvgIpc) is 2.35. The second-order valence-corrected chi connectivity index (χ2v) is 3.39. The number of carbonyl (C=O) groups excluding carboxylic acids is 2. The minimum absolute atomic E-state index is 0.0734. The van der Waals surface area contributed by atoms with Gasteiger partial charge in [-0.2, -0.15) is 0 Å². The Bertz CT molecular complexity index is 683. The Labute approximate surface area is 99.6 Å². The van der Waals surface area contributed by atoms with E-state index in [-0.39, 0.29) is 34.3 Å². The van der Waals surface area contributed by atoms with E-state index in [0.717, 1.165) is 12.4 Å². The van der Waals surface area contributed by atoms with Crippen LogP contribution in [0.25, 0.3) is 10.9 Å². The predicted octanol–water partition coefficient (Wildman–Crippen LogP) is 0.502. The number of nitrogen functional groups attached to an aromatic ring is 1. The molecule has 2 N–H and O–H groups in total. The normalized spacial score (nSPS) is 10.2. The molecule has 8 nitrogen and oxygen atoms in total. The van der Waals surface area contributed by atoms with Crippen molar-refractivity contribution in [2.24, 2.45) is 0 Å². The molecule has 0 fully saturated rings. The molecule has 1 aromatic heterocycles. The van der Waals surface area contributed by atoms with Crippen LogP contribution in [-0.2, 0) is 4.79 Å². The number of aldehydes is 1. The summed E-state index contributed by atoms with van der Waals surface area (Å²) >= 11 is 0. The largest absolute Gasteiger partial charge is 0.393 e. The third-order valence-electron chi connectivity index (χ3n) is 2.32. The molecule has 0 unspecified atom stereocenters. The van der Waals surface area contributed by atoms with E-state index < -0.39 is 10.7 Å². The maximum absolute atomic E-state index is 11.3. The van der Waals surface area contributed by atoms with Gasteiger partial charge in [0.05, 0.1) is 10.4 Å². The molecule has 0 radical (unpaired) electrons. The van der Waals surface area contributed by atoms with E-state index in [1.165, 1.54) is 6.07 Å². The molecule has 1 aromatic carbocycles. The maximum atomic E-state index is 11.3. The molecule has 0 aliphatic rings. The zero-order valence-electron chi connectivity index (χ0n) is 8.86. The van der Waals surface area contributed by atoms with E-state index >= 15 is 0 Å². The highest BCUT2D eigenvalue weighted by molar-refractivity contribution is 6.35. The van der Waals surface area contributed by atoms with Crippen LogP contribution in [0.15, 0.2) is 18.5 Å². The van der Waals surface area contributed by atoms with Crippen molar-refractivity contribution in [3.05, 3.63) is 34.3 Å². The van der Waals surface area contributed by atoms with Crippen molar-refractivity contribution in [3.63, 3.8) is 0 Å². The number of rotatable bonds is 3. The van der Waals surface area contributed by atoms with Crippen LogP contribution in [0.2, 0.25) is 0 Å². The number of carbonyl (C=O) groups is 2. The molecule has 0 aliphatic heterocycles. The molecule has 0 saturated heterocycles. The van der Waals surface area contributed by atoms with Gasteiger partial charge in [0.2, 0.25) is 5.78 Å². The summed E-state index contributed by atoms with van der Waals surface area (Å²) in [5, 5.41) is 10.9. The Kier molecular flexibility index (Phi) is 2.68. The Hall–Kier alpha value is -2.90. The van der Waals surface area contributed by atoms with Gasteiger partial charge in [-0.05, 0) is 6.07 Å². The molecule has 2 rings (SSSR count). The lowest BCUT2D eigenvalue weighted by Crippen LogP contribution is -2.06. The summed E-state index contributed by atoms with van der Waals surface area (Å²) in [4.78, 5) is 39.4. The number of nitrogens with zero attached hydrogens (tertiary/aromatic N) is 3. The Balaban J connectivity index is 2.83. The monoisotopic (exact) mass is 246 g/mol. The van der Waals surface area contributed by atoms with Gasteiger partial charge >= 0.3 is 0 Å². The van der Waals surface area contributed by atoms with Crippen LogP contribution in [-0.4, -0.2) is 27.0 Å². The van der Waals surface area contributed by atoms with Crippen LogP contribution in [0, 0.1) is 10.1 Å². The van der Waals surface area contributed by atoms with Crippen molar-refractivity contribution >= 4 is 34.3 Å². The highest BCUT2D eigenvalue weighted by Gasteiger charge is 2.18. The lowest BCUT2D eigenvalue weighted by Gasteiger charge is -2.03. The van der Waals surface area contributed by atoms with Gasteiger partial charge in [0.1, 0.15) is 17.7 Å². The lowest BCUT2D eigenvalue weighted by atomic mass is 10.1. The molecule has 1 heterocycles. The van der Waals surface area contributed by atoms with Crippen LogP contribution in [0.5, 0.6) is 0 Å². The number of hydrogen-bond acceptors (Lipinski definition) is 7. The summed E-state index contributed by atoms with van der Waals surface area (Å²) in [7, 11) is 0. The van der Waals surface area contributed by atoms with Crippen LogP contribution in [0.4, 0.5) is 11.4 Å². The number of nitro groups is 1. The number of hydrogen-bond donors (Lipinski definition) is 1. The van der Waals surface area contributed by atoms with Crippen LogP contribution in [0.1, 0.15) is 10.5 Å². The first kappa shape index (κ1) is 11.6. The Morgan fingerprint density at radius 1 is 1.39 bits per heavy atom. The molecule has 2 aromatic rings. The van der Waals surface area contributed by atoms with Gasteiger partial charge < -0.3 is 5.73 Å². The lowest BCUT2D eigenvalue weighted by molar-refractivity contribution is -0.383. The van der Waals surface area contributed by atoms with Crippen molar-refractivity contribution < 1.29 is 14.5 Å². The zero-order chi connectivity index (χ0) is 13.3. The topological polar surface area (TPSA) is 129 Å². The molecule has 18 heavy (non-hydrogen) atoms. The molecule has 0 bridgehead atoms. The first-order valence-electron chi connectivity index (χ1n) is 4.72. The highest BCUT2D eigenvalue weighted by atomic mass is 16.6. The van der Waals surface area contributed by atoms with E-state index in [2.05, 4.69) is 9.97 Å². The van der Waals surface area contributed by atoms with E-state index in [4.69, 9.17) is 5.73 Å². The molecular weight excluding hydrogens is 240 g/mol. The Morgan fingerprint density at radius 3 is 2.72 bits per heavy atom. The van der Waals surface area contributed by atoms with E-state index in [9.17, 15) is 19.7 Å². The molecule has 0 saturated carbocycles. The standard InChI is InChI=1S/C10H6N4O4/c11-6-2-7-5(1-8(6)14(17)18)10(9(16)3-15)13-4-12-7/h1-4H,11H2. The number of benzene rings is 1. The maximum Gasteiger partial charge on any atom is 0.292 e. The predicted molar refractivity (Wildman–Crippen MR) is 61.0 cm³/mol. The molecule has 0 atom stereocenters. The number of anilines is 1. The van der Waals surface area contributed by atoms with Gasteiger partial charge in [-0.25, -0.2) is 9.97 Å². The van der Waals surface area contributed by atoms with Crippen molar-refractivity contribution in [1.29, 1.82) is 0 Å². The number of aromatic nitrogens is 2. The summed E-state index contributed by atoms with van der Waals surface area (Å²) in [6, 6.07) is 2.35. The van der Waals surface area contributed by atoms with E-state index in [1.807, 2.05) is 0 Å². The van der Waals surface area contributed by atoms with E-state index in [1.54, 1.807) is 0 Å². The van der Waals surface area contributed by atoms with Gasteiger partial charge in [0, 0.05) is 11.5 Å². The molecule has 0 spiro atoms. The number of ketones is 1. The molecule has 90 valence electrons.